The van der Waals surface area contributed by atoms with Gasteiger partial charge >= 0.3 is 0 Å². The van der Waals surface area contributed by atoms with Gasteiger partial charge in [0.15, 0.2) is 11.5 Å². The van der Waals surface area contributed by atoms with Gasteiger partial charge in [0.1, 0.15) is 0 Å². The molecule has 2 aliphatic rings. The van der Waals surface area contributed by atoms with Gasteiger partial charge in [0.05, 0.1) is 37.9 Å². The normalized spacial score (nSPS) is 19.8. The molecule has 29 heavy (non-hydrogen) atoms. The van der Waals surface area contributed by atoms with E-state index in [1.54, 1.807) is 17.0 Å². The lowest BCUT2D eigenvalue weighted by Crippen LogP contribution is -2.49. The third-order valence-corrected chi connectivity index (χ3v) is 5.59. The van der Waals surface area contributed by atoms with Crippen LogP contribution in [0.5, 0.6) is 11.5 Å². The Morgan fingerprint density at radius 1 is 1.21 bits per heavy atom. The largest absolute Gasteiger partial charge is 0.493 e. The van der Waals surface area contributed by atoms with Gasteiger partial charge in [-0.15, -0.1) is 0 Å². The van der Waals surface area contributed by atoms with Crippen LogP contribution in [-0.4, -0.2) is 74.7 Å². The lowest BCUT2D eigenvalue weighted by atomic mass is 9.95. The lowest BCUT2D eigenvalue weighted by molar-refractivity contribution is -0.141. The first-order valence-electron chi connectivity index (χ1n) is 10.2. The van der Waals surface area contributed by atoms with E-state index >= 15 is 0 Å². The van der Waals surface area contributed by atoms with Crippen LogP contribution in [0.2, 0.25) is 5.02 Å². The van der Waals surface area contributed by atoms with E-state index < -0.39 is 0 Å². The van der Waals surface area contributed by atoms with Crippen LogP contribution in [0.1, 0.15) is 36.5 Å². The minimum atomic E-state index is -0.171. The third kappa shape index (κ3) is 5.14. The summed E-state index contributed by atoms with van der Waals surface area (Å²) in [5.74, 6) is 0.686. The Balaban J connectivity index is 1.72. The topological polar surface area (TPSA) is 68.3 Å². The van der Waals surface area contributed by atoms with Crippen molar-refractivity contribution in [3.8, 4) is 11.5 Å². The van der Waals surface area contributed by atoms with E-state index in [2.05, 4.69) is 0 Å². The fourth-order valence-corrected chi connectivity index (χ4v) is 4.04. The first-order valence-corrected chi connectivity index (χ1v) is 10.6. The highest BCUT2D eigenvalue weighted by Gasteiger charge is 2.32. The summed E-state index contributed by atoms with van der Waals surface area (Å²) in [6.07, 6.45) is 2.44. The van der Waals surface area contributed by atoms with Crippen LogP contribution in [-0.2, 0) is 9.53 Å². The molecular weight excluding hydrogens is 396 g/mol. The minimum absolute atomic E-state index is 0.115. The number of carbonyl (C=O) groups is 2. The number of methoxy groups -OCH3 is 1. The van der Waals surface area contributed by atoms with Gasteiger partial charge in [-0.05, 0) is 31.4 Å². The van der Waals surface area contributed by atoms with Crippen LogP contribution >= 0.6 is 11.6 Å². The molecule has 0 radical (unpaired) electrons. The summed E-state index contributed by atoms with van der Waals surface area (Å²) in [4.78, 5) is 29.5. The Morgan fingerprint density at radius 3 is 2.66 bits per heavy atom. The van der Waals surface area contributed by atoms with Crippen LogP contribution in [0.3, 0.4) is 0 Å². The average molecular weight is 425 g/mol. The van der Waals surface area contributed by atoms with Crippen LogP contribution in [0.25, 0.3) is 0 Å². The van der Waals surface area contributed by atoms with Crippen molar-refractivity contribution in [2.24, 2.45) is 5.92 Å². The molecule has 1 aromatic carbocycles. The number of piperidine rings is 1. The van der Waals surface area contributed by atoms with Crippen molar-refractivity contribution < 1.29 is 23.8 Å². The molecule has 0 aromatic heterocycles. The highest BCUT2D eigenvalue weighted by Crippen LogP contribution is 2.37. The summed E-state index contributed by atoms with van der Waals surface area (Å²) in [7, 11) is 1.52. The first-order chi connectivity index (χ1) is 14.0. The van der Waals surface area contributed by atoms with Gasteiger partial charge in [0.2, 0.25) is 5.91 Å². The second-order valence-electron chi connectivity index (χ2n) is 7.37. The summed E-state index contributed by atoms with van der Waals surface area (Å²) < 4.78 is 16.4. The molecule has 0 N–H and O–H groups in total. The van der Waals surface area contributed by atoms with Crippen molar-refractivity contribution in [3.63, 3.8) is 0 Å². The molecule has 0 spiro atoms. The smallest absolute Gasteiger partial charge is 0.254 e. The monoisotopic (exact) mass is 424 g/mol. The number of morpholine rings is 1. The summed E-state index contributed by atoms with van der Waals surface area (Å²) in [6.45, 7) is 5.95. The van der Waals surface area contributed by atoms with E-state index in [1.807, 2.05) is 11.8 Å². The molecule has 0 aliphatic carbocycles. The molecule has 7 nitrogen and oxygen atoms in total. The standard InChI is InChI=1S/C21H29ClN2O5/c1-3-9-29-19-17(22)12-16(13-18(19)27-2)21(26)24-6-4-5-15(14-24)20(25)23-7-10-28-11-8-23/h12-13,15H,3-11,14H2,1-2H3. The van der Waals surface area contributed by atoms with Crippen LogP contribution in [0, 0.1) is 5.92 Å². The molecule has 0 saturated carbocycles. The first kappa shape index (κ1) is 21.7. The van der Waals surface area contributed by atoms with Gasteiger partial charge < -0.3 is 24.0 Å². The Morgan fingerprint density at radius 2 is 1.97 bits per heavy atom. The predicted octanol–water partition coefficient (Wildman–Crippen LogP) is 2.85. The van der Waals surface area contributed by atoms with Crippen molar-refractivity contribution in [1.82, 2.24) is 9.80 Å². The van der Waals surface area contributed by atoms with Gasteiger partial charge in [0.25, 0.3) is 5.91 Å². The Labute approximate surface area is 176 Å². The van der Waals surface area contributed by atoms with Crippen molar-refractivity contribution in [2.45, 2.75) is 26.2 Å². The molecule has 3 rings (SSSR count). The lowest BCUT2D eigenvalue weighted by Gasteiger charge is -2.36. The molecule has 2 fully saturated rings. The molecular formula is C21H29ClN2O5. The Hall–Kier alpha value is -1.99. The van der Waals surface area contributed by atoms with E-state index in [1.165, 1.54) is 7.11 Å². The summed E-state index contributed by atoms with van der Waals surface area (Å²) >= 11 is 6.36. The summed E-state index contributed by atoms with van der Waals surface area (Å²) in [5, 5.41) is 0.346. The van der Waals surface area contributed by atoms with Crippen LogP contribution < -0.4 is 9.47 Å². The van der Waals surface area contributed by atoms with Gasteiger partial charge in [-0.1, -0.05) is 18.5 Å². The number of benzene rings is 1. The van der Waals surface area contributed by atoms with Gasteiger partial charge in [-0.3, -0.25) is 9.59 Å². The number of halogens is 1. The molecule has 8 heteroatoms. The number of hydrogen-bond acceptors (Lipinski definition) is 5. The number of likely N-dealkylation sites (tertiary alicyclic amines) is 1. The molecule has 1 atom stereocenters. The van der Waals surface area contributed by atoms with Crippen molar-refractivity contribution >= 4 is 23.4 Å². The van der Waals surface area contributed by atoms with E-state index in [-0.39, 0.29) is 17.7 Å². The zero-order chi connectivity index (χ0) is 20.8. The molecule has 1 unspecified atom stereocenters. The fourth-order valence-electron chi connectivity index (χ4n) is 3.78. The van der Waals surface area contributed by atoms with Gasteiger partial charge in [0, 0.05) is 31.7 Å². The maximum absolute atomic E-state index is 13.1. The molecule has 1 aromatic rings. The van der Waals surface area contributed by atoms with E-state index in [0.29, 0.717) is 68.1 Å². The number of nitrogens with zero attached hydrogens (tertiary/aromatic N) is 2. The Kier molecular flexibility index (Phi) is 7.61. The van der Waals surface area contributed by atoms with Gasteiger partial charge in [-0.25, -0.2) is 0 Å². The van der Waals surface area contributed by atoms with Crippen molar-refractivity contribution in [3.05, 3.63) is 22.7 Å². The molecule has 0 bridgehead atoms. The van der Waals surface area contributed by atoms with Crippen LogP contribution in [0.15, 0.2) is 12.1 Å². The molecule has 2 saturated heterocycles. The van der Waals surface area contributed by atoms with Crippen molar-refractivity contribution in [1.29, 1.82) is 0 Å². The Bertz CT molecular complexity index is 736. The summed E-state index contributed by atoms with van der Waals surface area (Å²) in [6, 6.07) is 3.28. The molecule has 2 heterocycles. The van der Waals surface area contributed by atoms with E-state index in [0.717, 1.165) is 19.3 Å². The van der Waals surface area contributed by atoms with Crippen molar-refractivity contribution in [2.75, 3.05) is 53.1 Å². The highest BCUT2D eigenvalue weighted by atomic mass is 35.5. The third-order valence-electron chi connectivity index (χ3n) is 5.31. The SMILES string of the molecule is CCCOc1c(Cl)cc(C(=O)N2CCCC(C(=O)N3CCOCC3)C2)cc1OC. The van der Waals surface area contributed by atoms with Crippen LogP contribution in [0.4, 0.5) is 0 Å². The van der Waals surface area contributed by atoms with E-state index in [4.69, 9.17) is 25.8 Å². The second-order valence-corrected chi connectivity index (χ2v) is 7.77. The summed E-state index contributed by atoms with van der Waals surface area (Å²) in [5.41, 5.74) is 0.440. The van der Waals surface area contributed by atoms with E-state index in [9.17, 15) is 9.59 Å². The number of ether oxygens (including phenoxy) is 3. The molecule has 160 valence electrons. The number of rotatable bonds is 6. The highest BCUT2D eigenvalue weighted by molar-refractivity contribution is 6.32. The quantitative estimate of drug-likeness (QED) is 0.702. The maximum Gasteiger partial charge on any atom is 0.254 e. The zero-order valence-electron chi connectivity index (χ0n) is 17.1. The fraction of sp³-hybridized carbons (Fsp3) is 0.619. The predicted molar refractivity (Wildman–Crippen MR) is 110 cm³/mol. The maximum atomic E-state index is 13.1. The molecule has 2 aliphatic heterocycles. The zero-order valence-corrected chi connectivity index (χ0v) is 17.9. The molecule has 2 amide bonds. The second kappa shape index (κ2) is 10.2. The minimum Gasteiger partial charge on any atom is -0.493 e. The number of hydrogen-bond donors (Lipinski definition) is 0. The number of amides is 2. The number of carbonyl (C=O) groups excluding carboxylic acids is 2. The average Bonchev–Trinajstić information content (AvgIpc) is 2.77. The van der Waals surface area contributed by atoms with Gasteiger partial charge in [-0.2, -0.15) is 0 Å².